The summed E-state index contributed by atoms with van der Waals surface area (Å²) in [6.07, 6.45) is 10.3. The van der Waals surface area contributed by atoms with Gasteiger partial charge in [0, 0.05) is 6.42 Å². The van der Waals surface area contributed by atoms with E-state index in [-0.39, 0.29) is 11.9 Å². The number of ether oxygens (including phenoxy) is 2. The number of unbranched alkanes of at least 4 members (excludes halogenated alkanes) is 4. The van der Waals surface area contributed by atoms with Gasteiger partial charge in [0.15, 0.2) is 0 Å². The van der Waals surface area contributed by atoms with Crippen molar-refractivity contribution in [3.63, 3.8) is 0 Å². The van der Waals surface area contributed by atoms with Crippen LogP contribution >= 0.6 is 0 Å². The summed E-state index contributed by atoms with van der Waals surface area (Å²) in [6.45, 7) is 9.38. The van der Waals surface area contributed by atoms with E-state index in [1.807, 2.05) is 0 Å². The van der Waals surface area contributed by atoms with Crippen molar-refractivity contribution in [2.75, 3.05) is 13.2 Å². The van der Waals surface area contributed by atoms with Gasteiger partial charge < -0.3 is 9.47 Å². The van der Waals surface area contributed by atoms with Crippen LogP contribution < -0.4 is 0 Å². The fourth-order valence-corrected chi connectivity index (χ4v) is 2.92. The minimum absolute atomic E-state index is 0.107. The number of hydrogen-bond donors (Lipinski definition) is 0. The van der Waals surface area contributed by atoms with Gasteiger partial charge in [-0.3, -0.25) is 9.59 Å². The molecule has 0 aliphatic heterocycles. The summed E-state index contributed by atoms with van der Waals surface area (Å²) in [7, 11) is 0. The van der Waals surface area contributed by atoms with E-state index in [0.717, 1.165) is 64.2 Å². The molecule has 148 valence electrons. The standard InChI is InChI=1S/C21H40O4/c1-5-9-14-21(15-10-6-2,20(23)25-18-12-8-4)16-13-19(22)24-17-11-7-3/h5-18H2,1-4H3. The monoisotopic (exact) mass is 356 g/mol. The highest BCUT2D eigenvalue weighted by molar-refractivity contribution is 5.78. The molecule has 0 saturated carbocycles. The van der Waals surface area contributed by atoms with Crippen molar-refractivity contribution in [1.82, 2.24) is 0 Å². The highest BCUT2D eigenvalue weighted by Gasteiger charge is 2.39. The van der Waals surface area contributed by atoms with E-state index >= 15 is 0 Å². The van der Waals surface area contributed by atoms with Gasteiger partial charge in [-0.15, -0.1) is 0 Å². The van der Waals surface area contributed by atoms with Gasteiger partial charge >= 0.3 is 11.9 Å². The lowest BCUT2D eigenvalue weighted by Crippen LogP contribution is -2.34. The average molecular weight is 357 g/mol. The quantitative estimate of drug-likeness (QED) is 0.258. The zero-order valence-electron chi connectivity index (χ0n) is 17.0. The number of hydrogen-bond acceptors (Lipinski definition) is 4. The Morgan fingerprint density at radius 3 is 1.64 bits per heavy atom. The van der Waals surface area contributed by atoms with Crippen molar-refractivity contribution in [2.45, 2.75) is 105 Å². The maximum absolute atomic E-state index is 12.9. The molecular weight excluding hydrogens is 316 g/mol. The fraction of sp³-hybridized carbons (Fsp3) is 0.905. The maximum atomic E-state index is 12.9. The van der Waals surface area contributed by atoms with Crippen molar-refractivity contribution in [3.8, 4) is 0 Å². The molecule has 0 aromatic heterocycles. The minimum atomic E-state index is -0.524. The van der Waals surface area contributed by atoms with Crippen molar-refractivity contribution in [1.29, 1.82) is 0 Å². The Bertz CT molecular complexity index is 344. The molecule has 0 radical (unpaired) electrons. The Morgan fingerprint density at radius 2 is 1.16 bits per heavy atom. The Morgan fingerprint density at radius 1 is 0.680 bits per heavy atom. The van der Waals surface area contributed by atoms with Gasteiger partial charge in [0.25, 0.3) is 0 Å². The topological polar surface area (TPSA) is 52.6 Å². The summed E-state index contributed by atoms with van der Waals surface area (Å²) in [4.78, 5) is 24.9. The van der Waals surface area contributed by atoms with Crippen LogP contribution in [0.3, 0.4) is 0 Å². The second-order valence-electron chi connectivity index (χ2n) is 7.05. The smallest absolute Gasteiger partial charge is 0.312 e. The number of carbonyl (C=O) groups is 2. The molecule has 0 aromatic rings. The summed E-state index contributed by atoms with van der Waals surface area (Å²) in [5, 5.41) is 0. The predicted molar refractivity (Wildman–Crippen MR) is 102 cm³/mol. The second kappa shape index (κ2) is 15.2. The van der Waals surface area contributed by atoms with Crippen molar-refractivity contribution in [3.05, 3.63) is 0 Å². The average Bonchev–Trinajstić information content (AvgIpc) is 2.61. The zero-order chi connectivity index (χ0) is 19.0. The third-order valence-electron chi connectivity index (χ3n) is 4.75. The van der Waals surface area contributed by atoms with E-state index in [1.165, 1.54) is 0 Å². The van der Waals surface area contributed by atoms with Gasteiger partial charge in [-0.05, 0) is 32.1 Å². The Hall–Kier alpha value is -1.06. The van der Waals surface area contributed by atoms with Crippen LogP contribution in [0.2, 0.25) is 0 Å². The van der Waals surface area contributed by atoms with Crippen LogP contribution in [0.4, 0.5) is 0 Å². The van der Waals surface area contributed by atoms with Gasteiger partial charge in [-0.1, -0.05) is 66.2 Å². The molecule has 0 unspecified atom stereocenters. The van der Waals surface area contributed by atoms with Crippen LogP contribution in [0, 0.1) is 5.41 Å². The Balaban J connectivity index is 4.90. The largest absolute Gasteiger partial charge is 0.466 e. The first-order valence-corrected chi connectivity index (χ1v) is 10.4. The Kier molecular flexibility index (Phi) is 14.6. The minimum Gasteiger partial charge on any atom is -0.466 e. The molecule has 0 spiro atoms. The molecule has 0 aromatic carbocycles. The molecule has 0 aliphatic rings. The third-order valence-corrected chi connectivity index (χ3v) is 4.75. The molecule has 0 atom stereocenters. The highest BCUT2D eigenvalue weighted by atomic mass is 16.5. The first kappa shape index (κ1) is 23.9. The van der Waals surface area contributed by atoms with Gasteiger partial charge in [0.1, 0.15) is 0 Å². The van der Waals surface area contributed by atoms with E-state index in [2.05, 4.69) is 27.7 Å². The lowest BCUT2D eigenvalue weighted by Gasteiger charge is -2.31. The molecule has 0 amide bonds. The fourth-order valence-electron chi connectivity index (χ4n) is 2.92. The predicted octanol–water partition coefficient (Wildman–Crippen LogP) is 5.82. The van der Waals surface area contributed by atoms with Crippen LogP contribution in [-0.4, -0.2) is 25.2 Å². The van der Waals surface area contributed by atoms with Gasteiger partial charge in [-0.2, -0.15) is 0 Å². The Labute approximate surface area is 155 Å². The summed E-state index contributed by atoms with van der Waals surface area (Å²) in [5.41, 5.74) is -0.524. The van der Waals surface area contributed by atoms with E-state index in [0.29, 0.717) is 26.1 Å². The zero-order valence-corrected chi connectivity index (χ0v) is 17.0. The highest BCUT2D eigenvalue weighted by Crippen LogP contribution is 2.38. The molecule has 0 rings (SSSR count). The first-order chi connectivity index (χ1) is 12.1. The summed E-state index contributed by atoms with van der Waals surface area (Å²) in [5.74, 6) is -0.295. The van der Waals surface area contributed by atoms with E-state index in [4.69, 9.17) is 9.47 Å². The molecule has 4 nitrogen and oxygen atoms in total. The van der Waals surface area contributed by atoms with E-state index < -0.39 is 5.41 Å². The van der Waals surface area contributed by atoms with Gasteiger partial charge in [-0.25, -0.2) is 0 Å². The van der Waals surface area contributed by atoms with Crippen molar-refractivity contribution >= 4 is 11.9 Å². The molecule has 0 bridgehead atoms. The first-order valence-electron chi connectivity index (χ1n) is 10.4. The molecule has 0 fully saturated rings. The molecule has 4 heteroatoms. The molecular formula is C21H40O4. The lowest BCUT2D eigenvalue weighted by atomic mass is 9.74. The molecule has 0 N–H and O–H groups in total. The number of rotatable bonds is 16. The van der Waals surface area contributed by atoms with Gasteiger partial charge in [0.05, 0.1) is 18.6 Å². The SMILES string of the molecule is CCCCOC(=O)CCC(CCCC)(CCCC)C(=O)OCCCC. The summed E-state index contributed by atoms with van der Waals surface area (Å²) in [6, 6.07) is 0. The van der Waals surface area contributed by atoms with Crippen LogP contribution in [0.25, 0.3) is 0 Å². The number of carbonyl (C=O) groups excluding carboxylic acids is 2. The van der Waals surface area contributed by atoms with E-state index in [1.54, 1.807) is 0 Å². The lowest BCUT2D eigenvalue weighted by molar-refractivity contribution is -0.159. The molecule has 0 heterocycles. The number of esters is 2. The van der Waals surface area contributed by atoms with E-state index in [9.17, 15) is 9.59 Å². The van der Waals surface area contributed by atoms with Crippen LogP contribution in [0.1, 0.15) is 105 Å². The summed E-state index contributed by atoms with van der Waals surface area (Å²) < 4.78 is 10.9. The third kappa shape index (κ3) is 10.5. The maximum Gasteiger partial charge on any atom is 0.312 e. The second-order valence-corrected chi connectivity index (χ2v) is 7.05. The van der Waals surface area contributed by atoms with Crippen LogP contribution in [-0.2, 0) is 19.1 Å². The molecule has 0 aliphatic carbocycles. The van der Waals surface area contributed by atoms with Crippen molar-refractivity contribution in [2.24, 2.45) is 5.41 Å². The van der Waals surface area contributed by atoms with Gasteiger partial charge in [0.2, 0.25) is 0 Å². The summed E-state index contributed by atoms with van der Waals surface area (Å²) >= 11 is 0. The molecule has 0 saturated heterocycles. The van der Waals surface area contributed by atoms with Crippen LogP contribution in [0.5, 0.6) is 0 Å². The van der Waals surface area contributed by atoms with Crippen molar-refractivity contribution < 1.29 is 19.1 Å². The normalized spacial score (nSPS) is 11.4. The van der Waals surface area contributed by atoms with Crippen LogP contribution in [0.15, 0.2) is 0 Å². The molecule has 25 heavy (non-hydrogen) atoms.